The minimum absolute atomic E-state index is 0.0398. The lowest BCUT2D eigenvalue weighted by molar-refractivity contribution is 0.0691. The molecule has 1 aliphatic heterocycles. The number of likely N-dealkylation sites (tertiary alicyclic amines) is 1. The maximum atomic E-state index is 12.6. The van der Waals surface area contributed by atoms with E-state index in [1.165, 1.54) is 5.56 Å². The number of nitrogens with zero attached hydrogens (tertiary/aromatic N) is 2. The second-order valence-electron chi connectivity index (χ2n) is 8.36. The van der Waals surface area contributed by atoms with Gasteiger partial charge in [0.05, 0.1) is 11.9 Å². The Morgan fingerprint density at radius 3 is 2.19 bits per heavy atom. The lowest BCUT2D eigenvalue weighted by Crippen LogP contribution is -2.38. The van der Waals surface area contributed by atoms with Crippen LogP contribution in [0, 0.1) is 5.92 Å². The second kappa shape index (κ2) is 7.48. The van der Waals surface area contributed by atoms with Crippen LogP contribution in [0.4, 0.5) is 11.4 Å². The highest BCUT2D eigenvalue weighted by atomic mass is 16.2. The van der Waals surface area contributed by atoms with Crippen molar-refractivity contribution in [2.45, 2.75) is 46.0 Å². The fourth-order valence-electron chi connectivity index (χ4n) is 3.19. The first-order chi connectivity index (χ1) is 12.3. The molecule has 1 N–H and O–H groups in total. The molecule has 26 heavy (non-hydrogen) atoms. The van der Waals surface area contributed by atoms with Crippen molar-refractivity contribution in [1.82, 2.24) is 9.88 Å². The maximum Gasteiger partial charge on any atom is 0.272 e. The van der Waals surface area contributed by atoms with Gasteiger partial charge in [0.1, 0.15) is 5.69 Å². The van der Waals surface area contributed by atoms with Gasteiger partial charge in [0.15, 0.2) is 0 Å². The molecule has 1 aromatic heterocycles. The Labute approximate surface area is 156 Å². The van der Waals surface area contributed by atoms with Gasteiger partial charge in [-0.25, -0.2) is 4.98 Å². The van der Waals surface area contributed by atoms with Gasteiger partial charge in [-0.2, -0.15) is 0 Å². The third-order valence-corrected chi connectivity index (χ3v) is 5.09. The summed E-state index contributed by atoms with van der Waals surface area (Å²) in [6, 6.07) is 12.2. The number of carbonyl (C=O) groups excluding carboxylic acids is 1. The minimum Gasteiger partial charge on any atom is -0.354 e. The summed E-state index contributed by atoms with van der Waals surface area (Å²) in [5.74, 6) is 0.751. The van der Waals surface area contributed by atoms with Crippen molar-refractivity contribution in [3.05, 3.63) is 53.9 Å². The van der Waals surface area contributed by atoms with Crippen LogP contribution in [0.25, 0.3) is 0 Å². The van der Waals surface area contributed by atoms with Gasteiger partial charge in [-0.05, 0) is 54.0 Å². The fourth-order valence-corrected chi connectivity index (χ4v) is 3.19. The highest BCUT2D eigenvalue weighted by Gasteiger charge is 2.22. The molecule has 4 heteroatoms. The third-order valence-electron chi connectivity index (χ3n) is 5.09. The average Bonchev–Trinajstić information content (AvgIpc) is 2.62. The molecule has 1 saturated heterocycles. The molecule has 3 rings (SSSR count). The van der Waals surface area contributed by atoms with Crippen molar-refractivity contribution in [1.29, 1.82) is 0 Å². The lowest BCUT2D eigenvalue weighted by Gasteiger charge is -2.30. The van der Waals surface area contributed by atoms with E-state index in [0.717, 1.165) is 37.3 Å². The van der Waals surface area contributed by atoms with Gasteiger partial charge in [-0.15, -0.1) is 0 Å². The van der Waals surface area contributed by atoms with Crippen LogP contribution in [-0.2, 0) is 5.41 Å². The Morgan fingerprint density at radius 2 is 1.65 bits per heavy atom. The molecule has 2 heterocycles. The van der Waals surface area contributed by atoms with E-state index in [2.05, 4.69) is 62.3 Å². The largest absolute Gasteiger partial charge is 0.354 e. The van der Waals surface area contributed by atoms with Crippen LogP contribution in [-0.4, -0.2) is 28.9 Å². The zero-order valence-corrected chi connectivity index (χ0v) is 16.2. The molecule has 0 radical (unpaired) electrons. The van der Waals surface area contributed by atoms with Gasteiger partial charge in [-0.1, -0.05) is 39.8 Å². The van der Waals surface area contributed by atoms with Crippen molar-refractivity contribution in [3.8, 4) is 0 Å². The number of aromatic nitrogens is 1. The first-order valence-electron chi connectivity index (χ1n) is 9.46. The normalized spacial score (nSPS) is 15.8. The van der Waals surface area contributed by atoms with E-state index in [9.17, 15) is 4.79 Å². The van der Waals surface area contributed by atoms with Gasteiger partial charge < -0.3 is 10.2 Å². The molecule has 1 aromatic carbocycles. The molecule has 0 saturated carbocycles. The summed E-state index contributed by atoms with van der Waals surface area (Å²) in [5.41, 5.74) is 3.88. The van der Waals surface area contributed by atoms with E-state index >= 15 is 0 Å². The summed E-state index contributed by atoms with van der Waals surface area (Å²) in [5, 5.41) is 3.35. The highest BCUT2D eigenvalue weighted by Crippen LogP contribution is 2.25. The Balaban J connectivity index is 1.63. The Bertz CT molecular complexity index is 736. The zero-order valence-electron chi connectivity index (χ0n) is 16.2. The molecule has 2 aromatic rings. The summed E-state index contributed by atoms with van der Waals surface area (Å²) in [7, 11) is 0. The topological polar surface area (TPSA) is 45.2 Å². The van der Waals surface area contributed by atoms with Crippen LogP contribution in [0.3, 0.4) is 0 Å². The Morgan fingerprint density at radius 1 is 1.04 bits per heavy atom. The molecule has 0 atom stereocenters. The number of anilines is 2. The molecule has 4 nitrogen and oxygen atoms in total. The quantitative estimate of drug-likeness (QED) is 0.847. The number of piperidine rings is 1. The molecular formula is C22H29N3O. The summed E-state index contributed by atoms with van der Waals surface area (Å²) in [6.45, 7) is 10.5. The van der Waals surface area contributed by atoms with Crippen molar-refractivity contribution >= 4 is 17.3 Å². The minimum atomic E-state index is 0.0398. The number of hydrogen-bond donors (Lipinski definition) is 1. The molecular weight excluding hydrogens is 322 g/mol. The van der Waals surface area contributed by atoms with E-state index < -0.39 is 0 Å². The highest BCUT2D eigenvalue weighted by molar-refractivity contribution is 5.92. The molecule has 0 bridgehead atoms. The Kier molecular flexibility index (Phi) is 5.30. The fraction of sp³-hybridized carbons (Fsp3) is 0.455. The number of pyridine rings is 1. The lowest BCUT2D eigenvalue weighted by atomic mass is 9.87. The van der Waals surface area contributed by atoms with Gasteiger partial charge >= 0.3 is 0 Å². The van der Waals surface area contributed by atoms with Gasteiger partial charge in [-0.3, -0.25) is 4.79 Å². The number of hydrogen-bond acceptors (Lipinski definition) is 3. The number of benzene rings is 1. The number of amides is 1. The van der Waals surface area contributed by atoms with Crippen LogP contribution < -0.4 is 5.32 Å². The van der Waals surface area contributed by atoms with Gasteiger partial charge in [0.25, 0.3) is 5.91 Å². The van der Waals surface area contributed by atoms with E-state index in [1.807, 2.05) is 17.0 Å². The van der Waals surface area contributed by atoms with Crippen molar-refractivity contribution in [2.24, 2.45) is 5.92 Å². The predicted molar refractivity (Wildman–Crippen MR) is 107 cm³/mol. The first kappa shape index (κ1) is 18.4. The van der Waals surface area contributed by atoms with Crippen LogP contribution in [0.2, 0.25) is 0 Å². The smallest absolute Gasteiger partial charge is 0.272 e. The standard InChI is InChI=1S/C22H29N3O/c1-16-11-13-25(14-12-16)21(26)20-10-9-19(15-23-20)24-18-7-5-17(6-8-18)22(2,3)4/h5-10,15-16,24H,11-14H2,1-4H3. The third kappa shape index (κ3) is 4.43. The summed E-state index contributed by atoms with van der Waals surface area (Å²) in [6.07, 6.45) is 3.89. The van der Waals surface area contributed by atoms with Crippen LogP contribution in [0.1, 0.15) is 56.6 Å². The molecule has 0 unspecified atom stereocenters. The van der Waals surface area contributed by atoms with Gasteiger partial charge in [0, 0.05) is 18.8 Å². The molecule has 1 fully saturated rings. The number of rotatable bonds is 3. The van der Waals surface area contributed by atoms with Crippen LogP contribution in [0.5, 0.6) is 0 Å². The van der Waals surface area contributed by atoms with Crippen molar-refractivity contribution in [2.75, 3.05) is 18.4 Å². The monoisotopic (exact) mass is 351 g/mol. The maximum absolute atomic E-state index is 12.6. The van der Waals surface area contributed by atoms with Crippen LogP contribution >= 0.6 is 0 Å². The summed E-state index contributed by atoms with van der Waals surface area (Å²) >= 11 is 0. The van der Waals surface area contributed by atoms with E-state index in [-0.39, 0.29) is 11.3 Å². The van der Waals surface area contributed by atoms with Crippen molar-refractivity contribution in [3.63, 3.8) is 0 Å². The first-order valence-corrected chi connectivity index (χ1v) is 9.46. The molecule has 0 aliphatic carbocycles. The van der Waals surface area contributed by atoms with Crippen LogP contribution in [0.15, 0.2) is 42.6 Å². The Hall–Kier alpha value is -2.36. The SMILES string of the molecule is CC1CCN(C(=O)c2ccc(Nc3ccc(C(C)(C)C)cc3)cn2)CC1. The summed E-state index contributed by atoms with van der Waals surface area (Å²) in [4.78, 5) is 18.8. The number of nitrogens with one attached hydrogen (secondary N) is 1. The van der Waals surface area contributed by atoms with Gasteiger partial charge in [0.2, 0.25) is 0 Å². The average molecular weight is 351 g/mol. The van der Waals surface area contributed by atoms with E-state index in [4.69, 9.17) is 0 Å². The molecule has 0 spiro atoms. The van der Waals surface area contributed by atoms with E-state index in [0.29, 0.717) is 11.6 Å². The molecule has 138 valence electrons. The predicted octanol–water partition coefficient (Wildman–Crippen LogP) is 4.99. The number of carbonyl (C=O) groups is 1. The summed E-state index contributed by atoms with van der Waals surface area (Å²) < 4.78 is 0. The molecule has 1 aliphatic rings. The zero-order chi connectivity index (χ0) is 18.7. The second-order valence-corrected chi connectivity index (χ2v) is 8.36. The molecule has 1 amide bonds. The van der Waals surface area contributed by atoms with E-state index in [1.54, 1.807) is 6.20 Å². The van der Waals surface area contributed by atoms with Crippen molar-refractivity contribution < 1.29 is 4.79 Å².